The van der Waals surface area contributed by atoms with E-state index in [2.05, 4.69) is 29.8 Å². The lowest BCUT2D eigenvalue weighted by Crippen LogP contribution is -2.47. The zero-order valence-electron chi connectivity index (χ0n) is 14.1. The standard InChI is InChI=1S/C16H24N2OS.C2H6/c1-2-11-18(14-7-9-17-10-8-14)16(19)12-13-3-5-15(20)6-4-13;1-2/h3-6,14,17,20H,2,7-12H2,1H3;1-2H3. The van der Waals surface area contributed by atoms with Crippen LogP contribution in [0.15, 0.2) is 29.2 Å². The Hall–Kier alpha value is -1.00. The molecule has 1 fully saturated rings. The molecule has 0 saturated carbocycles. The fourth-order valence-electron chi connectivity index (χ4n) is 2.76. The molecule has 0 radical (unpaired) electrons. The van der Waals surface area contributed by atoms with Crippen LogP contribution in [0.3, 0.4) is 0 Å². The van der Waals surface area contributed by atoms with Gasteiger partial charge in [-0.25, -0.2) is 0 Å². The summed E-state index contributed by atoms with van der Waals surface area (Å²) in [5.41, 5.74) is 1.07. The van der Waals surface area contributed by atoms with E-state index in [1.165, 1.54) is 0 Å². The van der Waals surface area contributed by atoms with Gasteiger partial charge in [0.05, 0.1) is 6.42 Å². The highest BCUT2D eigenvalue weighted by molar-refractivity contribution is 7.80. The number of nitrogens with one attached hydrogen (secondary N) is 1. The van der Waals surface area contributed by atoms with Crippen LogP contribution < -0.4 is 5.32 Å². The Bertz CT molecular complexity index is 427. The van der Waals surface area contributed by atoms with Crippen LogP contribution in [0.5, 0.6) is 0 Å². The van der Waals surface area contributed by atoms with Crippen molar-refractivity contribution >= 4 is 18.5 Å². The molecule has 1 aromatic rings. The summed E-state index contributed by atoms with van der Waals surface area (Å²) in [6.07, 6.45) is 3.66. The van der Waals surface area contributed by atoms with E-state index in [0.717, 1.165) is 49.4 Å². The largest absolute Gasteiger partial charge is 0.339 e. The normalized spacial score (nSPS) is 14.9. The predicted molar refractivity (Wildman–Crippen MR) is 96.6 cm³/mol. The molecule has 1 aromatic carbocycles. The highest BCUT2D eigenvalue weighted by Crippen LogP contribution is 2.15. The molecule has 4 heteroatoms. The van der Waals surface area contributed by atoms with Crippen molar-refractivity contribution in [2.75, 3.05) is 19.6 Å². The van der Waals surface area contributed by atoms with Crippen molar-refractivity contribution in [2.24, 2.45) is 0 Å². The molecule has 0 atom stereocenters. The van der Waals surface area contributed by atoms with Crippen LogP contribution in [0.25, 0.3) is 0 Å². The second-order valence-electron chi connectivity index (χ2n) is 5.41. The smallest absolute Gasteiger partial charge is 0.227 e. The first-order chi connectivity index (χ1) is 10.7. The number of hydrogen-bond acceptors (Lipinski definition) is 3. The first-order valence-corrected chi connectivity index (χ1v) is 8.93. The molecule has 1 heterocycles. The predicted octanol–water partition coefficient (Wildman–Crippen LogP) is 3.53. The van der Waals surface area contributed by atoms with Crippen LogP contribution in [-0.2, 0) is 11.2 Å². The lowest BCUT2D eigenvalue weighted by atomic mass is 10.0. The van der Waals surface area contributed by atoms with Crippen LogP contribution in [0.1, 0.15) is 45.6 Å². The molecule has 1 aliphatic heterocycles. The van der Waals surface area contributed by atoms with E-state index in [1.54, 1.807) is 0 Å². The van der Waals surface area contributed by atoms with Crippen molar-refractivity contribution in [3.63, 3.8) is 0 Å². The molecule has 1 aliphatic rings. The van der Waals surface area contributed by atoms with Crippen molar-refractivity contribution in [1.82, 2.24) is 10.2 Å². The van der Waals surface area contributed by atoms with E-state index in [0.29, 0.717) is 12.5 Å². The van der Waals surface area contributed by atoms with Gasteiger partial charge in [0.1, 0.15) is 0 Å². The highest BCUT2D eigenvalue weighted by Gasteiger charge is 2.24. The van der Waals surface area contributed by atoms with Gasteiger partial charge in [-0.15, -0.1) is 12.6 Å². The van der Waals surface area contributed by atoms with E-state index in [1.807, 2.05) is 38.1 Å². The minimum absolute atomic E-state index is 0.255. The van der Waals surface area contributed by atoms with Gasteiger partial charge in [-0.3, -0.25) is 4.79 Å². The number of amides is 1. The molecular formula is C18H30N2OS. The van der Waals surface area contributed by atoms with E-state index in [4.69, 9.17) is 0 Å². The Morgan fingerprint density at radius 3 is 2.36 bits per heavy atom. The molecule has 0 unspecified atom stereocenters. The van der Waals surface area contributed by atoms with E-state index in [9.17, 15) is 4.79 Å². The monoisotopic (exact) mass is 322 g/mol. The van der Waals surface area contributed by atoms with Crippen molar-refractivity contribution in [3.8, 4) is 0 Å². The van der Waals surface area contributed by atoms with Gasteiger partial charge in [-0.2, -0.15) is 0 Å². The summed E-state index contributed by atoms with van der Waals surface area (Å²) in [6, 6.07) is 8.29. The maximum absolute atomic E-state index is 12.6. The summed E-state index contributed by atoms with van der Waals surface area (Å²) in [7, 11) is 0. The van der Waals surface area contributed by atoms with Gasteiger partial charge in [0, 0.05) is 17.5 Å². The molecule has 0 bridgehead atoms. The Morgan fingerprint density at radius 2 is 1.82 bits per heavy atom. The number of nitrogens with zero attached hydrogens (tertiary/aromatic N) is 1. The van der Waals surface area contributed by atoms with Crippen LogP contribution in [0.2, 0.25) is 0 Å². The average Bonchev–Trinajstić information content (AvgIpc) is 2.57. The molecule has 2 rings (SSSR count). The summed E-state index contributed by atoms with van der Waals surface area (Å²) >= 11 is 4.28. The van der Waals surface area contributed by atoms with Crippen molar-refractivity contribution in [2.45, 2.75) is 57.4 Å². The topological polar surface area (TPSA) is 32.3 Å². The van der Waals surface area contributed by atoms with Crippen molar-refractivity contribution in [1.29, 1.82) is 0 Å². The van der Waals surface area contributed by atoms with Gasteiger partial charge < -0.3 is 10.2 Å². The van der Waals surface area contributed by atoms with E-state index in [-0.39, 0.29) is 5.91 Å². The number of carbonyl (C=O) groups is 1. The third-order valence-electron chi connectivity index (χ3n) is 3.83. The molecule has 1 saturated heterocycles. The Labute approximate surface area is 140 Å². The van der Waals surface area contributed by atoms with Crippen LogP contribution >= 0.6 is 12.6 Å². The van der Waals surface area contributed by atoms with Gasteiger partial charge in [0.2, 0.25) is 5.91 Å². The average molecular weight is 323 g/mol. The minimum Gasteiger partial charge on any atom is -0.339 e. The summed E-state index contributed by atoms with van der Waals surface area (Å²) in [4.78, 5) is 15.6. The first-order valence-electron chi connectivity index (χ1n) is 8.48. The van der Waals surface area contributed by atoms with E-state index < -0.39 is 0 Å². The fraction of sp³-hybridized carbons (Fsp3) is 0.611. The summed E-state index contributed by atoms with van der Waals surface area (Å²) in [5, 5.41) is 3.36. The van der Waals surface area contributed by atoms with Gasteiger partial charge >= 0.3 is 0 Å². The third-order valence-corrected chi connectivity index (χ3v) is 4.12. The Kier molecular flexibility index (Phi) is 9.25. The Balaban J connectivity index is 0.00000116. The number of thiol groups is 1. The van der Waals surface area contributed by atoms with Gasteiger partial charge in [-0.1, -0.05) is 32.9 Å². The van der Waals surface area contributed by atoms with E-state index >= 15 is 0 Å². The second-order valence-corrected chi connectivity index (χ2v) is 5.93. The molecule has 1 amide bonds. The molecule has 124 valence electrons. The number of benzene rings is 1. The molecule has 0 aliphatic carbocycles. The van der Waals surface area contributed by atoms with Crippen LogP contribution in [-0.4, -0.2) is 36.5 Å². The molecule has 22 heavy (non-hydrogen) atoms. The van der Waals surface area contributed by atoms with Crippen LogP contribution in [0, 0.1) is 0 Å². The van der Waals surface area contributed by atoms with Gasteiger partial charge in [0.25, 0.3) is 0 Å². The van der Waals surface area contributed by atoms with Crippen molar-refractivity contribution in [3.05, 3.63) is 29.8 Å². The molecule has 3 nitrogen and oxygen atoms in total. The SMILES string of the molecule is CC.CCCN(C(=O)Cc1ccc(S)cc1)C1CCNCC1. The molecular weight excluding hydrogens is 292 g/mol. The second kappa shape index (κ2) is 10.7. The van der Waals surface area contributed by atoms with Crippen molar-refractivity contribution < 1.29 is 4.79 Å². The zero-order chi connectivity index (χ0) is 16.4. The van der Waals surface area contributed by atoms with Crippen LogP contribution in [0.4, 0.5) is 0 Å². The number of hydrogen-bond donors (Lipinski definition) is 2. The number of carbonyl (C=O) groups excluding carboxylic acids is 1. The maximum Gasteiger partial charge on any atom is 0.227 e. The number of rotatable bonds is 5. The highest BCUT2D eigenvalue weighted by atomic mass is 32.1. The van der Waals surface area contributed by atoms with Gasteiger partial charge in [0.15, 0.2) is 0 Å². The minimum atomic E-state index is 0.255. The zero-order valence-corrected chi connectivity index (χ0v) is 15.0. The summed E-state index contributed by atoms with van der Waals surface area (Å²) in [6.45, 7) is 9.05. The fourth-order valence-corrected chi connectivity index (χ4v) is 2.91. The molecule has 0 spiro atoms. The third kappa shape index (κ3) is 6.01. The molecule has 0 aromatic heterocycles. The molecule has 1 N–H and O–H groups in total. The summed E-state index contributed by atoms with van der Waals surface area (Å²) in [5.74, 6) is 0.255. The number of piperidine rings is 1. The maximum atomic E-state index is 12.6. The summed E-state index contributed by atoms with van der Waals surface area (Å²) < 4.78 is 0. The Morgan fingerprint density at radius 1 is 1.23 bits per heavy atom. The lowest BCUT2D eigenvalue weighted by Gasteiger charge is -2.34. The lowest BCUT2D eigenvalue weighted by molar-refractivity contribution is -0.133. The van der Waals surface area contributed by atoms with Gasteiger partial charge in [-0.05, 0) is 50.0 Å². The quantitative estimate of drug-likeness (QED) is 0.813. The first kappa shape index (κ1) is 19.0.